The van der Waals surface area contributed by atoms with Crippen LogP contribution in [0.4, 0.5) is 0 Å². The number of halogens is 1. The summed E-state index contributed by atoms with van der Waals surface area (Å²) in [4.78, 5) is 22.9. The zero-order chi connectivity index (χ0) is 14.9. The minimum absolute atomic E-state index is 0.111. The molecule has 0 bridgehead atoms. The molecule has 1 amide bonds. The van der Waals surface area contributed by atoms with Gasteiger partial charge in [-0.25, -0.2) is 9.97 Å². The van der Waals surface area contributed by atoms with Gasteiger partial charge in [0.05, 0.1) is 11.2 Å². The lowest BCUT2D eigenvalue weighted by atomic mass is 9.99. The standard InChI is InChI=1S/C14H21ClN4O/c1-8(2)13-17-7-11(15)12(18-13)14(20)19-5-4-10(16)6-9(19)3/h7-10H,4-6,16H2,1-3H3/t9-,10-/m1/s1. The van der Waals surface area contributed by atoms with E-state index in [0.717, 1.165) is 12.8 Å². The Hall–Kier alpha value is -1.20. The van der Waals surface area contributed by atoms with Crippen molar-refractivity contribution in [1.82, 2.24) is 14.9 Å². The molecule has 1 aromatic heterocycles. The van der Waals surface area contributed by atoms with Crippen LogP contribution in [0.25, 0.3) is 0 Å². The van der Waals surface area contributed by atoms with E-state index in [1.54, 1.807) is 0 Å². The molecule has 110 valence electrons. The smallest absolute Gasteiger partial charge is 0.274 e. The van der Waals surface area contributed by atoms with Gasteiger partial charge >= 0.3 is 0 Å². The van der Waals surface area contributed by atoms with E-state index in [0.29, 0.717) is 23.1 Å². The fourth-order valence-electron chi connectivity index (χ4n) is 2.46. The van der Waals surface area contributed by atoms with Gasteiger partial charge in [-0.1, -0.05) is 25.4 Å². The Kier molecular flexibility index (Phi) is 4.60. The van der Waals surface area contributed by atoms with Crippen LogP contribution in [-0.4, -0.2) is 39.4 Å². The van der Waals surface area contributed by atoms with E-state index < -0.39 is 0 Å². The molecule has 0 aromatic carbocycles. The number of nitrogens with two attached hydrogens (primary N) is 1. The summed E-state index contributed by atoms with van der Waals surface area (Å²) < 4.78 is 0. The van der Waals surface area contributed by atoms with Crippen LogP contribution < -0.4 is 5.73 Å². The zero-order valence-corrected chi connectivity index (χ0v) is 12.9. The normalized spacial score (nSPS) is 23.2. The number of hydrogen-bond acceptors (Lipinski definition) is 4. The average molecular weight is 297 g/mol. The Morgan fingerprint density at radius 3 is 2.85 bits per heavy atom. The Bertz CT molecular complexity index is 506. The first kappa shape index (κ1) is 15.2. The summed E-state index contributed by atoms with van der Waals surface area (Å²) >= 11 is 6.09. The highest BCUT2D eigenvalue weighted by atomic mass is 35.5. The van der Waals surface area contributed by atoms with Crippen LogP contribution in [0.2, 0.25) is 5.02 Å². The number of piperidine rings is 1. The summed E-state index contributed by atoms with van der Waals surface area (Å²) in [5.41, 5.74) is 6.23. The highest BCUT2D eigenvalue weighted by molar-refractivity contribution is 6.33. The summed E-state index contributed by atoms with van der Waals surface area (Å²) in [6.07, 6.45) is 3.14. The SMILES string of the molecule is CC(C)c1ncc(Cl)c(C(=O)N2CC[C@@H](N)C[C@H]2C)n1. The van der Waals surface area contributed by atoms with Gasteiger partial charge in [0.1, 0.15) is 5.82 Å². The highest BCUT2D eigenvalue weighted by Gasteiger charge is 2.30. The van der Waals surface area contributed by atoms with Gasteiger partial charge in [-0.2, -0.15) is 0 Å². The third-order valence-electron chi connectivity index (χ3n) is 3.66. The molecular weight excluding hydrogens is 276 g/mol. The van der Waals surface area contributed by atoms with Crippen LogP contribution >= 0.6 is 11.6 Å². The topological polar surface area (TPSA) is 72.1 Å². The van der Waals surface area contributed by atoms with E-state index in [4.69, 9.17) is 17.3 Å². The lowest BCUT2D eigenvalue weighted by Crippen LogP contribution is -2.48. The first-order valence-corrected chi connectivity index (χ1v) is 7.37. The number of hydrogen-bond donors (Lipinski definition) is 1. The predicted octanol–water partition coefficient (Wildman–Crippen LogP) is 2.21. The number of carbonyl (C=O) groups excluding carboxylic acids is 1. The minimum Gasteiger partial charge on any atom is -0.334 e. The molecule has 1 aliphatic rings. The van der Waals surface area contributed by atoms with Crippen molar-refractivity contribution in [3.05, 3.63) is 22.7 Å². The molecule has 0 spiro atoms. The van der Waals surface area contributed by atoms with Crippen LogP contribution in [-0.2, 0) is 0 Å². The van der Waals surface area contributed by atoms with E-state index in [-0.39, 0.29) is 23.9 Å². The van der Waals surface area contributed by atoms with E-state index in [1.807, 2.05) is 25.7 Å². The van der Waals surface area contributed by atoms with E-state index in [1.165, 1.54) is 6.20 Å². The number of aromatic nitrogens is 2. The van der Waals surface area contributed by atoms with E-state index in [9.17, 15) is 4.79 Å². The third-order valence-corrected chi connectivity index (χ3v) is 3.94. The third kappa shape index (κ3) is 3.10. The van der Waals surface area contributed by atoms with Crippen molar-refractivity contribution < 1.29 is 4.79 Å². The highest BCUT2D eigenvalue weighted by Crippen LogP contribution is 2.22. The van der Waals surface area contributed by atoms with Gasteiger partial charge in [0.25, 0.3) is 5.91 Å². The van der Waals surface area contributed by atoms with Gasteiger partial charge in [0.2, 0.25) is 0 Å². The largest absolute Gasteiger partial charge is 0.334 e. The molecule has 1 saturated heterocycles. The molecule has 0 aliphatic carbocycles. The molecule has 1 aliphatic heterocycles. The summed E-state index contributed by atoms with van der Waals surface area (Å²) in [5, 5.41) is 0.307. The van der Waals surface area contributed by atoms with Gasteiger partial charge in [-0.3, -0.25) is 4.79 Å². The van der Waals surface area contributed by atoms with Crippen molar-refractivity contribution in [3.8, 4) is 0 Å². The fourth-order valence-corrected chi connectivity index (χ4v) is 2.63. The van der Waals surface area contributed by atoms with Gasteiger partial charge < -0.3 is 10.6 Å². The number of amides is 1. The van der Waals surface area contributed by atoms with Crippen LogP contribution in [0.1, 0.15) is 55.8 Å². The molecule has 0 unspecified atom stereocenters. The molecule has 1 fully saturated rings. The molecule has 1 aromatic rings. The molecule has 6 heteroatoms. The van der Waals surface area contributed by atoms with Gasteiger partial charge in [-0.15, -0.1) is 0 Å². The lowest BCUT2D eigenvalue weighted by molar-refractivity contribution is 0.0612. The molecule has 2 rings (SSSR count). The van der Waals surface area contributed by atoms with Gasteiger partial charge in [0.15, 0.2) is 5.69 Å². The molecule has 2 atom stereocenters. The lowest BCUT2D eigenvalue weighted by Gasteiger charge is -2.36. The molecule has 5 nitrogen and oxygen atoms in total. The average Bonchev–Trinajstić information content (AvgIpc) is 2.38. The second kappa shape index (κ2) is 6.06. The molecule has 2 heterocycles. The summed E-state index contributed by atoms with van der Waals surface area (Å²) in [6.45, 7) is 6.63. The molecule has 0 radical (unpaired) electrons. The Balaban J connectivity index is 2.26. The summed E-state index contributed by atoms with van der Waals surface area (Å²) in [5.74, 6) is 0.670. The maximum atomic E-state index is 12.6. The molecule has 20 heavy (non-hydrogen) atoms. The second-order valence-corrected chi connectivity index (χ2v) is 6.12. The quantitative estimate of drug-likeness (QED) is 0.908. The maximum Gasteiger partial charge on any atom is 0.274 e. The van der Waals surface area contributed by atoms with Crippen molar-refractivity contribution >= 4 is 17.5 Å². The van der Waals surface area contributed by atoms with Crippen LogP contribution in [0.3, 0.4) is 0 Å². The van der Waals surface area contributed by atoms with Crippen molar-refractivity contribution in [1.29, 1.82) is 0 Å². The van der Waals surface area contributed by atoms with E-state index >= 15 is 0 Å². The number of rotatable bonds is 2. The Labute approximate surface area is 124 Å². The minimum atomic E-state index is -0.126. The van der Waals surface area contributed by atoms with Crippen molar-refractivity contribution in [2.75, 3.05) is 6.54 Å². The summed E-state index contributed by atoms with van der Waals surface area (Å²) in [6, 6.07) is 0.279. The number of carbonyl (C=O) groups is 1. The van der Waals surface area contributed by atoms with E-state index in [2.05, 4.69) is 9.97 Å². The van der Waals surface area contributed by atoms with Gasteiger partial charge in [0, 0.05) is 24.5 Å². The van der Waals surface area contributed by atoms with Crippen molar-refractivity contribution in [2.45, 2.75) is 51.6 Å². The predicted molar refractivity (Wildman–Crippen MR) is 78.8 cm³/mol. The fraction of sp³-hybridized carbons (Fsp3) is 0.643. The Morgan fingerprint density at radius 1 is 1.55 bits per heavy atom. The van der Waals surface area contributed by atoms with Crippen molar-refractivity contribution in [3.63, 3.8) is 0 Å². The van der Waals surface area contributed by atoms with Crippen molar-refractivity contribution in [2.24, 2.45) is 5.73 Å². The number of nitrogens with zero attached hydrogens (tertiary/aromatic N) is 3. The van der Waals surface area contributed by atoms with Crippen LogP contribution in [0, 0.1) is 0 Å². The first-order valence-electron chi connectivity index (χ1n) is 6.99. The van der Waals surface area contributed by atoms with Crippen LogP contribution in [0.15, 0.2) is 6.20 Å². The van der Waals surface area contributed by atoms with Crippen LogP contribution in [0.5, 0.6) is 0 Å². The second-order valence-electron chi connectivity index (χ2n) is 5.71. The Morgan fingerprint density at radius 2 is 2.25 bits per heavy atom. The first-order chi connectivity index (χ1) is 9.40. The monoisotopic (exact) mass is 296 g/mol. The molecule has 2 N–H and O–H groups in total. The molecular formula is C14H21ClN4O. The maximum absolute atomic E-state index is 12.6. The molecule has 0 saturated carbocycles. The number of likely N-dealkylation sites (tertiary alicyclic amines) is 1. The van der Waals surface area contributed by atoms with Gasteiger partial charge in [-0.05, 0) is 19.8 Å². The zero-order valence-electron chi connectivity index (χ0n) is 12.1. The summed E-state index contributed by atoms with van der Waals surface area (Å²) in [7, 11) is 0.